The van der Waals surface area contributed by atoms with Gasteiger partial charge in [0.2, 0.25) is 0 Å². The van der Waals surface area contributed by atoms with Crippen molar-refractivity contribution in [1.29, 1.82) is 0 Å². The summed E-state index contributed by atoms with van der Waals surface area (Å²) in [5.41, 5.74) is 6.18. The van der Waals surface area contributed by atoms with Crippen LogP contribution in [0, 0.1) is 12.3 Å². The molecule has 15 heavy (non-hydrogen) atoms. The number of nitrogens with one attached hydrogen (secondary N) is 2. The van der Waals surface area contributed by atoms with E-state index in [4.69, 9.17) is 12.2 Å². The van der Waals surface area contributed by atoms with Crippen LogP contribution in [0.3, 0.4) is 0 Å². The number of hydrogen-bond acceptors (Lipinski definition) is 3. The van der Waals surface area contributed by atoms with Crippen LogP contribution in [0.4, 0.5) is 5.69 Å². The second kappa shape index (κ2) is 5.70. The van der Waals surface area contributed by atoms with Crippen LogP contribution in [0.25, 0.3) is 0 Å². The number of rotatable bonds is 5. The van der Waals surface area contributed by atoms with Gasteiger partial charge in [-0.3, -0.25) is 9.89 Å². The van der Waals surface area contributed by atoms with Gasteiger partial charge in [-0.05, 0) is 12.8 Å². The van der Waals surface area contributed by atoms with E-state index in [9.17, 15) is 4.79 Å². The minimum absolute atomic E-state index is 0.231. The molecule has 0 aliphatic rings. The maximum Gasteiger partial charge on any atom is 0.271 e. The third kappa shape index (κ3) is 3.35. The maximum atomic E-state index is 11.5. The van der Waals surface area contributed by atoms with E-state index in [1.807, 2.05) is 0 Å². The molecule has 0 fully saturated rings. The molecule has 1 aromatic heterocycles. The molecule has 1 heterocycles. The molecule has 1 amide bonds. The Balaban J connectivity index is 2.26. The van der Waals surface area contributed by atoms with Gasteiger partial charge in [-0.1, -0.05) is 0 Å². The lowest BCUT2D eigenvalue weighted by atomic mass is 10.2. The van der Waals surface area contributed by atoms with Gasteiger partial charge < -0.3 is 11.1 Å². The Labute approximate surface area is 88.4 Å². The van der Waals surface area contributed by atoms with Crippen LogP contribution in [0.15, 0.2) is 6.20 Å². The topological polar surface area (TPSA) is 83.8 Å². The summed E-state index contributed by atoms with van der Waals surface area (Å²) in [6.45, 7) is 0.596. The first-order chi connectivity index (χ1) is 7.25. The van der Waals surface area contributed by atoms with Crippen molar-refractivity contribution in [3.05, 3.63) is 11.9 Å². The highest BCUT2D eigenvalue weighted by atomic mass is 16.1. The zero-order chi connectivity index (χ0) is 11.1. The number of terminal acetylenes is 1. The fourth-order valence-electron chi connectivity index (χ4n) is 1.12. The molecule has 5 nitrogen and oxygen atoms in total. The molecule has 0 aliphatic heterocycles. The molecular formula is C10H14N4O. The van der Waals surface area contributed by atoms with E-state index in [1.54, 1.807) is 0 Å². The van der Waals surface area contributed by atoms with Crippen molar-refractivity contribution in [2.45, 2.75) is 19.3 Å². The predicted molar refractivity (Wildman–Crippen MR) is 58.0 cm³/mol. The van der Waals surface area contributed by atoms with Gasteiger partial charge in [0.05, 0.1) is 11.9 Å². The lowest BCUT2D eigenvalue weighted by Gasteiger charge is -2.02. The van der Waals surface area contributed by atoms with E-state index in [2.05, 4.69) is 21.4 Å². The number of carbonyl (C=O) groups excluding carboxylic acids is 1. The van der Waals surface area contributed by atoms with Crippen molar-refractivity contribution in [1.82, 2.24) is 15.5 Å². The quantitative estimate of drug-likeness (QED) is 0.485. The first-order valence-electron chi connectivity index (χ1n) is 4.76. The smallest absolute Gasteiger partial charge is 0.271 e. The average molecular weight is 206 g/mol. The van der Waals surface area contributed by atoms with Gasteiger partial charge in [-0.15, -0.1) is 12.3 Å². The zero-order valence-electron chi connectivity index (χ0n) is 8.42. The number of H-pyrrole nitrogens is 1. The SMILES string of the molecule is C#CCCCCNC(=O)c1[nH]ncc1N. The molecular weight excluding hydrogens is 192 g/mol. The molecule has 5 heteroatoms. The lowest BCUT2D eigenvalue weighted by molar-refractivity contribution is 0.0949. The van der Waals surface area contributed by atoms with Crippen LogP contribution >= 0.6 is 0 Å². The number of unbranched alkanes of at least 4 members (excludes halogenated alkanes) is 2. The molecule has 80 valence electrons. The Morgan fingerprint density at radius 3 is 3.07 bits per heavy atom. The minimum atomic E-state index is -0.231. The Morgan fingerprint density at radius 2 is 2.47 bits per heavy atom. The molecule has 1 aromatic rings. The van der Waals surface area contributed by atoms with Gasteiger partial charge in [-0.25, -0.2) is 0 Å². The van der Waals surface area contributed by atoms with Gasteiger partial charge in [0.1, 0.15) is 5.69 Å². The average Bonchev–Trinajstić information content (AvgIpc) is 2.64. The summed E-state index contributed by atoms with van der Waals surface area (Å²) in [7, 11) is 0. The van der Waals surface area contributed by atoms with Crippen molar-refractivity contribution in [3.8, 4) is 12.3 Å². The summed E-state index contributed by atoms with van der Waals surface area (Å²) in [4.78, 5) is 11.5. The van der Waals surface area contributed by atoms with Gasteiger partial charge >= 0.3 is 0 Å². The number of nitrogens with zero attached hydrogens (tertiary/aromatic N) is 1. The van der Waals surface area contributed by atoms with Gasteiger partial charge in [-0.2, -0.15) is 5.10 Å². The third-order valence-electron chi connectivity index (χ3n) is 1.93. The number of carbonyl (C=O) groups is 1. The molecule has 0 unspecified atom stereocenters. The number of amides is 1. The fraction of sp³-hybridized carbons (Fsp3) is 0.400. The van der Waals surface area contributed by atoms with Crippen LogP contribution in [0.2, 0.25) is 0 Å². The maximum absolute atomic E-state index is 11.5. The third-order valence-corrected chi connectivity index (χ3v) is 1.93. The van der Waals surface area contributed by atoms with E-state index in [0.29, 0.717) is 17.9 Å². The van der Waals surface area contributed by atoms with Crippen molar-refractivity contribution >= 4 is 11.6 Å². The van der Waals surface area contributed by atoms with Crippen LogP contribution in [0.1, 0.15) is 29.8 Å². The normalized spacial score (nSPS) is 9.53. The van der Waals surface area contributed by atoms with Crippen molar-refractivity contribution in [3.63, 3.8) is 0 Å². The molecule has 1 rings (SSSR count). The van der Waals surface area contributed by atoms with Gasteiger partial charge in [0.15, 0.2) is 0 Å². The molecule has 0 bridgehead atoms. The van der Waals surface area contributed by atoms with Crippen molar-refractivity contribution in [2.75, 3.05) is 12.3 Å². The Bertz CT molecular complexity index is 364. The van der Waals surface area contributed by atoms with E-state index in [-0.39, 0.29) is 5.91 Å². The largest absolute Gasteiger partial charge is 0.396 e. The van der Waals surface area contributed by atoms with E-state index in [0.717, 1.165) is 19.3 Å². The molecule has 0 atom stereocenters. The Hall–Kier alpha value is -1.96. The number of nitrogens with two attached hydrogens (primary N) is 1. The summed E-state index contributed by atoms with van der Waals surface area (Å²) in [6.07, 6.45) is 9.03. The Kier molecular flexibility index (Phi) is 4.23. The predicted octanol–water partition coefficient (Wildman–Crippen LogP) is 0.525. The number of nitrogen functional groups attached to an aromatic ring is 1. The number of aromatic nitrogens is 2. The van der Waals surface area contributed by atoms with E-state index >= 15 is 0 Å². The summed E-state index contributed by atoms with van der Waals surface area (Å²) in [5.74, 6) is 2.31. The zero-order valence-corrected chi connectivity index (χ0v) is 8.42. The first-order valence-corrected chi connectivity index (χ1v) is 4.76. The van der Waals surface area contributed by atoms with Crippen molar-refractivity contribution in [2.24, 2.45) is 0 Å². The highest BCUT2D eigenvalue weighted by Crippen LogP contribution is 2.05. The highest BCUT2D eigenvalue weighted by molar-refractivity contribution is 5.96. The van der Waals surface area contributed by atoms with Gasteiger partial charge in [0.25, 0.3) is 5.91 Å². The number of hydrogen-bond donors (Lipinski definition) is 3. The van der Waals surface area contributed by atoms with Gasteiger partial charge in [0, 0.05) is 13.0 Å². The van der Waals surface area contributed by atoms with Crippen LogP contribution in [-0.4, -0.2) is 22.6 Å². The second-order valence-corrected chi connectivity index (χ2v) is 3.12. The molecule has 0 saturated carbocycles. The second-order valence-electron chi connectivity index (χ2n) is 3.12. The van der Waals surface area contributed by atoms with E-state index < -0.39 is 0 Å². The lowest BCUT2D eigenvalue weighted by Crippen LogP contribution is -2.25. The first kappa shape index (κ1) is 11.1. The van der Waals surface area contributed by atoms with Crippen LogP contribution in [-0.2, 0) is 0 Å². The standard InChI is InChI=1S/C10H14N4O/c1-2-3-4-5-6-12-10(15)9-8(11)7-13-14-9/h1,7H,3-6,11H2,(H,12,15)(H,13,14). The molecule has 0 radical (unpaired) electrons. The Morgan fingerprint density at radius 1 is 1.67 bits per heavy atom. The number of aromatic amines is 1. The molecule has 0 saturated heterocycles. The van der Waals surface area contributed by atoms with E-state index in [1.165, 1.54) is 6.20 Å². The number of anilines is 1. The molecule has 0 aliphatic carbocycles. The minimum Gasteiger partial charge on any atom is -0.396 e. The monoisotopic (exact) mass is 206 g/mol. The summed E-state index contributed by atoms with van der Waals surface area (Å²) < 4.78 is 0. The molecule has 0 aromatic carbocycles. The summed E-state index contributed by atoms with van der Waals surface area (Å²) >= 11 is 0. The van der Waals surface area contributed by atoms with Crippen molar-refractivity contribution < 1.29 is 4.79 Å². The molecule has 4 N–H and O–H groups in total. The van der Waals surface area contributed by atoms with Crippen LogP contribution < -0.4 is 11.1 Å². The summed E-state index contributed by atoms with van der Waals surface area (Å²) in [5, 5.41) is 8.93. The van der Waals surface area contributed by atoms with Crippen LogP contribution in [0.5, 0.6) is 0 Å². The summed E-state index contributed by atoms with van der Waals surface area (Å²) in [6, 6.07) is 0. The fourth-order valence-corrected chi connectivity index (χ4v) is 1.12. The highest BCUT2D eigenvalue weighted by Gasteiger charge is 2.09. The molecule has 0 spiro atoms.